The fourth-order valence-electron chi connectivity index (χ4n) is 4.40. The van der Waals surface area contributed by atoms with Crippen LogP contribution in [0.4, 0.5) is 4.39 Å². The van der Waals surface area contributed by atoms with Crippen LogP contribution >= 0.6 is 0 Å². The summed E-state index contributed by atoms with van der Waals surface area (Å²) in [6, 6.07) is 13.1. The normalized spacial score (nSPS) is 15.5. The number of aromatic nitrogens is 3. The molecular formula is C25H32FN5O. The van der Waals surface area contributed by atoms with E-state index in [2.05, 4.69) is 30.4 Å². The Balaban J connectivity index is 1.34. The molecule has 4 rings (SSSR count). The standard InChI is InChI=1S/C25H32FN5O/c1-32-17-16-30(20-23-7-4-13-31(23)25-27-11-5-12-28-25)18-21-9-14-29(15-10-21)19-22-6-2-3-8-24(22)26/h2-8,11-13,21H,9-10,14-20H2,1H3. The van der Waals surface area contributed by atoms with Gasteiger partial charge in [-0.2, -0.15) is 0 Å². The van der Waals surface area contributed by atoms with E-state index in [9.17, 15) is 4.39 Å². The Morgan fingerprint density at radius 1 is 1.06 bits per heavy atom. The predicted octanol–water partition coefficient (Wildman–Crippen LogP) is 3.77. The van der Waals surface area contributed by atoms with Crippen LogP contribution in [0.5, 0.6) is 0 Å². The molecule has 1 fully saturated rings. The minimum Gasteiger partial charge on any atom is -0.383 e. The maximum absolute atomic E-state index is 14.0. The zero-order valence-corrected chi connectivity index (χ0v) is 18.7. The van der Waals surface area contributed by atoms with Gasteiger partial charge < -0.3 is 4.74 Å². The summed E-state index contributed by atoms with van der Waals surface area (Å²) in [5.41, 5.74) is 1.96. The van der Waals surface area contributed by atoms with Gasteiger partial charge in [-0.25, -0.2) is 14.4 Å². The third-order valence-electron chi connectivity index (χ3n) is 6.17. The van der Waals surface area contributed by atoms with Crippen molar-refractivity contribution >= 4 is 0 Å². The summed E-state index contributed by atoms with van der Waals surface area (Å²) < 4.78 is 21.4. The van der Waals surface area contributed by atoms with Crippen LogP contribution in [0.15, 0.2) is 61.1 Å². The van der Waals surface area contributed by atoms with Gasteiger partial charge in [0.15, 0.2) is 0 Å². The van der Waals surface area contributed by atoms with Crippen molar-refractivity contribution in [1.29, 1.82) is 0 Å². The van der Waals surface area contributed by atoms with Crippen LogP contribution in [0.25, 0.3) is 5.95 Å². The second-order valence-electron chi connectivity index (χ2n) is 8.46. The summed E-state index contributed by atoms with van der Waals surface area (Å²) in [5, 5.41) is 0. The quantitative estimate of drug-likeness (QED) is 0.483. The molecule has 3 aromatic rings. The van der Waals surface area contributed by atoms with Gasteiger partial charge in [-0.1, -0.05) is 18.2 Å². The average molecular weight is 438 g/mol. The molecule has 0 amide bonds. The maximum Gasteiger partial charge on any atom is 0.233 e. The average Bonchev–Trinajstić information content (AvgIpc) is 3.29. The number of hydrogen-bond acceptors (Lipinski definition) is 5. The van der Waals surface area contributed by atoms with Crippen LogP contribution in [0.1, 0.15) is 24.1 Å². The third kappa shape index (κ3) is 6.00. The summed E-state index contributed by atoms with van der Waals surface area (Å²) in [7, 11) is 1.75. The highest BCUT2D eigenvalue weighted by Crippen LogP contribution is 2.22. The van der Waals surface area contributed by atoms with Gasteiger partial charge >= 0.3 is 0 Å². The first-order valence-corrected chi connectivity index (χ1v) is 11.3. The second-order valence-corrected chi connectivity index (χ2v) is 8.46. The molecule has 1 aromatic carbocycles. The lowest BCUT2D eigenvalue weighted by Gasteiger charge is -2.35. The van der Waals surface area contributed by atoms with Crippen LogP contribution in [0.2, 0.25) is 0 Å². The van der Waals surface area contributed by atoms with E-state index in [-0.39, 0.29) is 5.82 Å². The topological polar surface area (TPSA) is 46.4 Å². The van der Waals surface area contributed by atoms with E-state index in [1.165, 1.54) is 5.69 Å². The molecule has 2 aromatic heterocycles. The van der Waals surface area contributed by atoms with Crippen LogP contribution in [-0.4, -0.2) is 64.2 Å². The summed E-state index contributed by atoms with van der Waals surface area (Å²) >= 11 is 0. The van der Waals surface area contributed by atoms with Gasteiger partial charge in [-0.15, -0.1) is 0 Å². The van der Waals surface area contributed by atoms with Crippen molar-refractivity contribution in [1.82, 2.24) is 24.3 Å². The highest BCUT2D eigenvalue weighted by atomic mass is 19.1. The zero-order valence-electron chi connectivity index (χ0n) is 18.7. The molecule has 7 heteroatoms. The van der Waals surface area contributed by atoms with E-state index < -0.39 is 0 Å². The van der Waals surface area contributed by atoms with Gasteiger partial charge in [0.25, 0.3) is 0 Å². The van der Waals surface area contributed by atoms with Crippen LogP contribution in [-0.2, 0) is 17.8 Å². The van der Waals surface area contributed by atoms with Gasteiger partial charge in [0.2, 0.25) is 5.95 Å². The summed E-state index contributed by atoms with van der Waals surface area (Å²) in [6.07, 6.45) is 7.80. The molecule has 0 atom stereocenters. The fourth-order valence-corrected chi connectivity index (χ4v) is 4.40. The van der Waals surface area contributed by atoms with Crippen molar-refractivity contribution in [2.75, 3.05) is 39.9 Å². The van der Waals surface area contributed by atoms with E-state index in [4.69, 9.17) is 4.74 Å². The van der Waals surface area contributed by atoms with Crippen LogP contribution in [0.3, 0.4) is 0 Å². The molecule has 1 saturated heterocycles. The number of methoxy groups -OCH3 is 1. The van der Waals surface area contributed by atoms with E-state index >= 15 is 0 Å². The molecule has 6 nitrogen and oxygen atoms in total. The maximum atomic E-state index is 14.0. The van der Waals surface area contributed by atoms with Crippen LogP contribution < -0.4 is 0 Å². The molecule has 0 bridgehead atoms. The van der Waals surface area contributed by atoms with Crippen molar-refractivity contribution < 1.29 is 9.13 Å². The molecule has 3 heterocycles. The molecular weight excluding hydrogens is 405 g/mol. The Kier molecular flexibility index (Phi) is 7.98. The monoisotopic (exact) mass is 437 g/mol. The molecule has 0 saturated carbocycles. The van der Waals surface area contributed by atoms with Gasteiger partial charge in [0, 0.05) is 63.1 Å². The highest BCUT2D eigenvalue weighted by molar-refractivity contribution is 5.20. The highest BCUT2D eigenvalue weighted by Gasteiger charge is 2.23. The summed E-state index contributed by atoms with van der Waals surface area (Å²) in [5.74, 6) is 1.21. The first kappa shape index (κ1) is 22.6. The van der Waals surface area contributed by atoms with Gasteiger partial charge in [0.1, 0.15) is 5.82 Å². The van der Waals surface area contributed by atoms with Crippen molar-refractivity contribution in [3.05, 3.63) is 78.1 Å². The van der Waals surface area contributed by atoms with Gasteiger partial charge in [-0.3, -0.25) is 14.4 Å². The summed E-state index contributed by atoms with van der Waals surface area (Å²) in [4.78, 5) is 13.6. The molecule has 0 unspecified atom stereocenters. The second kappa shape index (κ2) is 11.3. The molecule has 1 aliphatic heterocycles. The van der Waals surface area contributed by atoms with E-state index in [1.807, 2.05) is 30.5 Å². The van der Waals surface area contributed by atoms with E-state index in [1.54, 1.807) is 31.6 Å². The molecule has 0 N–H and O–H groups in total. The fraction of sp³-hybridized carbons (Fsp3) is 0.440. The van der Waals surface area contributed by atoms with Crippen molar-refractivity contribution in [2.45, 2.75) is 25.9 Å². The third-order valence-corrected chi connectivity index (χ3v) is 6.17. The smallest absolute Gasteiger partial charge is 0.233 e. The number of rotatable bonds is 10. The Morgan fingerprint density at radius 3 is 2.59 bits per heavy atom. The predicted molar refractivity (Wildman–Crippen MR) is 123 cm³/mol. The Morgan fingerprint density at radius 2 is 1.84 bits per heavy atom. The lowest BCUT2D eigenvalue weighted by molar-refractivity contribution is 0.105. The lowest BCUT2D eigenvalue weighted by atomic mass is 9.95. The molecule has 1 aliphatic rings. The molecule has 0 spiro atoms. The molecule has 0 aliphatic carbocycles. The lowest BCUT2D eigenvalue weighted by Crippen LogP contribution is -2.39. The zero-order chi connectivity index (χ0) is 22.2. The number of piperidine rings is 1. The van der Waals surface area contributed by atoms with Crippen molar-refractivity contribution in [3.63, 3.8) is 0 Å². The Hall–Kier alpha value is -2.61. The van der Waals surface area contributed by atoms with E-state index in [0.29, 0.717) is 25.0 Å². The first-order valence-electron chi connectivity index (χ1n) is 11.3. The number of nitrogens with zero attached hydrogens (tertiary/aromatic N) is 5. The van der Waals surface area contributed by atoms with Crippen molar-refractivity contribution in [3.8, 4) is 5.95 Å². The number of benzene rings is 1. The number of ether oxygens (including phenoxy) is 1. The van der Waals surface area contributed by atoms with Crippen LogP contribution in [0, 0.1) is 11.7 Å². The number of halogens is 1. The van der Waals surface area contributed by atoms with E-state index in [0.717, 1.165) is 51.1 Å². The Labute approximate surface area is 189 Å². The minimum atomic E-state index is -0.106. The molecule has 170 valence electrons. The minimum absolute atomic E-state index is 0.106. The SMILES string of the molecule is COCCN(Cc1cccn1-c1ncccn1)CC1CCN(Cc2ccccc2F)CC1. The number of hydrogen-bond donors (Lipinski definition) is 0. The molecule has 0 radical (unpaired) electrons. The van der Waals surface area contributed by atoms with Crippen molar-refractivity contribution in [2.24, 2.45) is 5.92 Å². The largest absolute Gasteiger partial charge is 0.383 e. The molecule has 32 heavy (non-hydrogen) atoms. The number of likely N-dealkylation sites (tertiary alicyclic amines) is 1. The summed E-state index contributed by atoms with van der Waals surface area (Å²) in [6.45, 7) is 6.14. The van der Waals surface area contributed by atoms with Gasteiger partial charge in [0.05, 0.1) is 6.61 Å². The van der Waals surface area contributed by atoms with Gasteiger partial charge in [-0.05, 0) is 56.1 Å². The Bertz CT molecular complexity index is 956. The first-order chi connectivity index (χ1) is 15.7.